The van der Waals surface area contributed by atoms with Crippen LogP contribution in [0.15, 0.2) is 18.2 Å². The first kappa shape index (κ1) is 11.6. The third kappa shape index (κ3) is 3.30. The monoisotopic (exact) mass is 252 g/mol. The lowest BCUT2D eigenvalue weighted by atomic mass is 10.2. The standard InChI is InChI=1S/C7H5ClO6S/c8-15(12,13)14-4-1-2-6(9)5(3-4)7(10)11/h1-3,9H,(H,10,11). The average molecular weight is 253 g/mol. The molecule has 1 aromatic rings. The molecule has 6 nitrogen and oxygen atoms in total. The third-order valence-electron chi connectivity index (χ3n) is 1.39. The van der Waals surface area contributed by atoms with E-state index in [1.807, 2.05) is 0 Å². The molecule has 0 saturated carbocycles. The van der Waals surface area contributed by atoms with Gasteiger partial charge in [0, 0.05) is 6.07 Å². The number of rotatable bonds is 3. The lowest BCUT2D eigenvalue weighted by molar-refractivity contribution is 0.0693. The van der Waals surface area contributed by atoms with E-state index in [4.69, 9.17) is 20.9 Å². The van der Waals surface area contributed by atoms with Crippen molar-refractivity contribution in [2.24, 2.45) is 0 Å². The molecule has 0 aliphatic heterocycles. The summed E-state index contributed by atoms with van der Waals surface area (Å²) in [4.78, 5) is 10.5. The zero-order chi connectivity index (χ0) is 11.6. The summed E-state index contributed by atoms with van der Waals surface area (Å²) in [5.41, 5.74) is -0.479. The number of carbonyl (C=O) groups is 1. The van der Waals surface area contributed by atoms with E-state index in [1.54, 1.807) is 0 Å². The molecule has 0 aliphatic carbocycles. The van der Waals surface area contributed by atoms with Crippen LogP contribution in [0.2, 0.25) is 0 Å². The summed E-state index contributed by atoms with van der Waals surface area (Å²) in [6.07, 6.45) is 0. The lowest BCUT2D eigenvalue weighted by Gasteiger charge is -2.03. The van der Waals surface area contributed by atoms with Gasteiger partial charge in [0.1, 0.15) is 17.1 Å². The second kappa shape index (κ2) is 3.95. The zero-order valence-corrected chi connectivity index (χ0v) is 8.62. The molecular weight excluding hydrogens is 248 g/mol. The predicted molar refractivity (Wildman–Crippen MR) is 50.5 cm³/mol. The first-order chi connectivity index (χ1) is 6.79. The highest BCUT2D eigenvalue weighted by molar-refractivity contribution is 8.10. The van der Waals surface area contributed by atoms with Crippen LogP contribution in [0.1, 0.15) is 10.4 Å². The van der Waals surface area contributed by atoms with Crippen molar-refractivity contribution in [2.75, 3.05) is 0 Å². The highest BCUT2D eigenvalue weighted by Crippen LogP contribution is 2.24. The second-order valence-corrected chi connectivity index (χ2v) is 4.55. The fraction of sp³-hybridized carbons (Fsp3) is 0. The molecule has 0 aromatic heterocycles. The van der Waals surface area contributed by atoms with Gasteiger partial charge in [-0.05, 0) is 12.1 Å². The van der Waals surface area contributed by atoms with Gasteiger partial charge in [0.15, 0.2) is 0 Å². The Morgan fingerprint density at radius 2 is 2.00 bits per heavy atom. The average Bonchev–Trinajstić information content (AvgIpc) is 2.05. The number of phenols is 1. The van der Waals surface area contributed by atoms with E-state index in [9.17, 15) is 13.2 Å². The van der Waals surface area contributed by atoms with E-state index in [0.717, 1.165) is 18.2 Å². The van der Waals surface area contributed by atoms with Crippen molar-refractivity contribution in [1.82, 2.24) is 0 Å². The van der Waals surface area contributed by atoms with Crippen LogP contribution in [-0.2, 0) is 9.33 Å². The zero-order valence-electron chi connectivity index (χ0n) is 7.05. The maximum absolute atomic E-state index is 10.5. The Hall–Kier alpha value is -1.47. The van der Waals surface area contributed by atoms with Crippen LogP contribution in [0, 0.1) is 0 Å². The Bertz CT molecular complexity index is 494. The fourth-order valence-corrected chi connectivity index (χ4v) is 1.40. The van der Waals surface area contributed by atoms with E-state index in [-0.39, 0.29) is 5.75 Å². The summed E-state index contributed by atoms with van der Waals surface area (Å²) < 4.78 is 25.2. The molecule has 15 heavy (non-hydrogen) atoms. The van der Waals surface area contributed by atoms with Gasteiger partial charge in [-0.1, -0.05) is 0 Å². The van der Waals surface area contributed by atoms with Crippen LogP contribution >= 0.6 is 10.7 Å². The van der Waals surface area contributed by atoms with E-state index in [2.05, 4.69) is 4.18 Å². The smallest absolute Gasteiger partial charge is 0.401 e. The van der Waals surface area contributed by atoms with Gasteiger partial charge in [-0.25, -0.2) is 4.79 Å². The molecule has 0 heterocycles. The van der Waals surface area contributed by atoms with Gasteiger partial charge >= 0.3 is 15.3 Å². The summed E-state index contributed by atoms with van der Waals surface area (Å²) in [5, 5.41) is 17.7. The summed E-state index contributed by atoms with van der Waals surface area (Å²) in [7, 11) is 0.545. The Labute approximate surface area is 89.3 Å². The maximum atomic E-state index is 10.5. The minimum Gasteiger partial charge on any atom is -0.507 e. The van der Waals surface area contributed by atoms with E-state index >= 15 is 0 Å². The molecule has 0 unspecified atom stereocenters. The SMILES string of the molecule is O=C(O)c1cc(OS(=O)(=O)Cl)ccc1O. The first-order valence-electron chi connectivity index (χ1n) is 3.50. The van der Waals surface area contributed by atoms with Crippen molar-refractivity contribution in [2.45, 2.75) is 0 Å². The molecule has 8 heteroatoms. The highest BCUT2D eigenvalue weighted by Gasteiger charge is 2.13. The number of carboxylic acid groups (broad SMARTS) is 1. The number of halogens is 1. The van der Waals surface area contributed by atoms with Crippen molar-refractivity contribution in [3.05, 3.63) is 23.8 Å². The molecule has 0 radical (unpaired) electrons. The Morgan fingerprint density at radius 1 is 1.40 bits per heavy atom. The summed E-state index contributed by atoms with van der Waals surface area (Å²) in [6.45, 7) is 0. The molecular formula is C7H5ClO6S. The van der Waals surface area contributed by atoms with Gasteiger partial charge in [0.25, 0.3) is 0 Å². The van der Waals surface area contributed by atoms with Gasteiger partial charge in [-0.15, -0.1) is 0 Å². The van der Waals surface area contributed by atoms with Crippen molar-refractivity contribution in [3.8, 4) is 11.5 Å². The number of aromatic hydroxyl groups is 1. The molecule has 1 rings (SSSR count). The molecule has 0 saturated heterocycles. The normalized spacial score (nSPS) is 11.0. The number of benzene rings is 1. The maximum Gasteiger partial charge on any atom is 0.401 e. The molecule has 0 aliphatic rings. The molecule has 2 N–H and O–H groups in total. The molecule has 0 fully saturated rings. The van der Waals surface area contributed by atoms with Gasteiger partial charge in [-0.2, -0.15) is 8.42 Å². The minimum absolute atomic E-state index is 0.291. The predicted octanol–water partition coefficient (Wildman–Crippen LogP) is 0.953. The van der Waals surface area contributed by atoms with Gasteiger partial charge < -0.3 is 14.4 Å². The molecule has 82 valence electrons. The quantitative estimate of drug-likeness (QED) is 0.777. The summed E-state index contributed by atoms with van der Waals surface area (Å²) in [5.74, 6) is -2.20. The topological polar surface area (TPSA) is 101 Å². The van der Waals surface area contributed by atoms with Gasteiger partial charge in [0.05, 0.1) is 10.7 Å². The molecule has 0 spiro atoms. The third-order valence-corrected chi connectivity index (χ3v) is 1.97. The van der Waals surface area contributed by atoms with E-state index in [0.29, 0.717) is 0 Å². The van der Waals surface area contributed by atoms with Crippen LogP contribution in [-0.4, -0.2) is 24.6 Å². The second-order valence-electron chi connectivity index (χ2n) is 2.46. The molecule has 0 atom stereocenters. The number of aromatic carboxylic acids is 1. The van der Waals surface area contributed by atoms with Gasteiger partial charge in [-0.3, -0.25) is 0 Å². The number of carboxylic acids is 1. The highest BCUT2D eigenvalue weighted by atomic mass is 35.7. The van der Waals surface area contributed by atoms with Crippen molar-refractivity contribution in [1.29, 1.82) is 0 Å². The Kier molecular flexibility index (Phi) is 3.06. The largest absolute Gasteiger partial charge is 0.507 e. The molecule has 1 aromatic carbocycles. The number of hydrogen-bond acceptors (Lipinski definition) is 5. The summed E-state index contributed by atoms with van der Waals surface area (Å²) >= 11 is 0. The van der Waals surface area contributed by atoms with Crippen LogP contribution in [0.25, 0.3) is 0 Å². The lowest BCUT2D eigenvalue weighted by Crippen LogP contribution is -2.02. The fourth-order valence-electron chi connectivity index (χ4n) is 0.853. The van der Waals surface area contributed by atoms with Crippen LogP contribution < -0.4 is 4.18 Å². The van der Waals surface area contributed by atoms with Crippen molar-refractivity contribution >= 4 is 26.0 Å². The Morgan fingerprint density at radius 3 is 2.47 bits per heavy atom. The van der Waals surface area contributed by atoms with Crippen LogP contribution in [0.5, 0.6) is 11.5 Å². The molecule has 0 bridgehead atoms. The van der Waals surface area contributed by atoms with Crippen molar-refractivity contribution < 1.29 is 27.6 Å². The van der Waals surface area contributed by atoms with Crippen LogP contribution in [0.4, 0.5) is 0 Å². The van der Waals surface area contributed by atoms with Crippen molar-refractivity contribution in [3.63, 3.8) is 0 Å². The van der Waals surface area contributed by atoms with Gasteiger partial charge in [0.2, 0.25) is 0 Å². The van der Waals surface area contributed by atoms with Crippen LogP contribution in [0.3, 0.4) is 0 Å². The number of hydrogen-bond donors (Lipinski definition) is 2. The van der Waals surface area contributed by atoms with E-state index in [1.165, 1.54) is 0 Å². The molecule has 0 amide bonds. The van der Waals surface area contributed by atoms with E-state index < -0.39 is 26.6 Å². The summed E-state index contributed by atoms with van der Waals surface area (Å²) in [6, 6.07) is 2.90. The first-order valence-corrected chi connectivity index (χ1v) is 5.73. The Balaban J connectivity index is 3.14. The minimum atomic E-state index is -4.23.